The number of hydrogen-bond donors (Lipinski definition) is 2. The van der Waals surface area contributed by atoms with E-state index in [4.69, 9.17) is 10.5 Å². The highest BCUT2D eigenvalue weighted by Gasteiger charge is 2.47. The van der Waals surface area contributed by atoms with Crippen molar-refractivity contribution in [1.29, 1.82) is 0 Å². The number of primary amides is 1. The van der Waals surface area contributed by atoms with Crippen molar-refractivity contribution in [3.8, 4) is 0 Å². The average molecular weight is 278 g/mol. The maximum absolute atomic E-state index is 12.0. The molecule has 2 unspecified atom stereocenters. The van der Waals surface area contributed by atoms with E-state index >= 15 is 0 Å². The third-order valence-electron chi connectivity index (χ3n) is 3.66. The summed E-state index contributed by atoms with van der Waals surface area (Å²) in [7, 11) is 0. The number of halogens is 2. The second-order valence-corrected chi connectivity index (χ2v) is 5.48. The van der Waals surface area contributed by atoms with Gasteiger partial charge in [-0.05, 0) is 39.0 Å². The molecule has 0 aliphatic heterocycles. The lowest BCUT2D eigenvalue weighted by Gasteiger charge is -2.35. The van der Waals surface area contributed by atoms with Crippen molar-refractivity contribution < 1.29 is 18.3 Å². The first-order chi connectivity index (χ1) is 8.88. The van der Waals surface area contributed by atoms with Crippen LogP contribution >= 0.6 is 0 Å². The van der Waals surface area contributed by atoms with Crippen molar-refractivity contribution in [3.05, 3.63) is 0 Å². The minimum absolute atomic E-state index is 0.0603. The Labute approximate surface area is 113 Å². The van der Waals surface area contributed by atoms with Crippen molar-refractivity contribution in [3.63, 3.8) is 0 Å². The van der Waals surface area contributed by atoms with Gasteiger partial charge in [-0.1, -0.05) is 6.42 Å². The number of rotatable bonds is 8. The molecule has 0 aromatic carbocycles. The van der Waals surface area contributed by atoms with Crippen molar-refractivity contribution in [2.45, 2.75) is 57.5 Å². The third kappa shape index (κ3) is 4.38. The van der Waals surface area contributed by atoms with Crippen LogP contribution in [0.25, 0.3) is 0 Å². The Bertz CT molecular complexity index is 300. The molecule has 2 atom stereocenters. The number of hydrogen-bond acceptors (Lipinski definition) is 3. The summed E-state index contributed by atoms with van der Waals surface area (Å²) >= 11 is 0. The lowest BCUT2D eigenvalue weighted by atomic mass is 9.83. The van der Waals surface area contributed by atoms with Crippen LogP contribution in [0.5, 0.6) is 0 Å². The van der Waals surface area contributed by atoms with E-state index in [1.165, 1.54) is 0 Å². The van der Waals surface area contributed by atoms with Gasteiger partial charge in [0.2, 0.25) is 5.91 Å². The second-order valence-electron chi connectivity index (χ2n) is 5.48. The Kier molecular flexibility index (Phi) is 6.13. The van der Waals surface area contributed by atoms with E-state index in [-0.39, 0.29) is 24.5 Å². The van der Waals surface area contributed by atoms with Crippen molar-refractivity contribution in [2.75, 3.05) is 13.2 Å². The SMILES string of the molecule is CC(C)NC1(C(N)=O)CCCC1CCOCC(F)F. The summed E-state index contributed by atoms with van der Waals surface area (Å²) in [5.74, 6) is -0.289. The highest BCUT2D eigenvalue weighted by atomic mass is 19.3. The largest absolute Gasteiger partial charge is 0.376 e. The Morgan fingerprint density at radius 1 is 1.53 bits per heavy atom. The summed E-state index contributed by atoms with van der Waals surface area (Å²) in [6, 6.07) is 0.148. The van der Waals surface area contributed by atoms with Gasteiger partial charge in [0.1, 0.15) is 12.1 Å². The zero-order valence-electron chi connectivity index (χ0n) is 11.6. The van der Waals surface area contributed by atoms with E-state index in [1.807, 2.05) is 13.8 Å². The molecule has 6 heteroatoms. The van der Waals surface area contributed by atoms with E-state index in [0.29, 0.717) is 12.8 Å². The van der Waals surface area contributed by atoms with Gasteiger partial charge in [0.25, 0.3) is 6.43 Å². The first-order valence-electron chi connectivity index (χ1n) is 6.82. The van der Waals surface area contributed by atoms with Gasteiger partial charge in [0.15, 0.2) is 0 Å². The van der Waals surface area contributed by atoms with Crippen LogP contribution in [0.15, 0.2) is 0 Å². The number of alkyl halides is 2. The summed E-state index contributed by atoms with van der Waals surface area (Å²) in [4.78, 5) is 11.8. The normalized spacial score (nSPS) is 27.4. The van der Waals surface area contributed by atoms with E-state index < -0.39 is 18.6 Å². The molecule has 1 saturated carbocycles. The summed E-state index contributed by atoms with van der Waals surface area (Å²) in [5.41, 5.74) is 4.86. The molecule has 1 rings (SSSR count). The van der Waals surface area contributed by atoms with E-state index in [0.717, 1.165) is 12.8 Å². The predicted octanol–water partition coefficient (Wildman–Crippen LogP) is 1.68. The number of amides is 1. The first-order valence-corrected chi connectivity index (χ1v) is 6.82. The molecule has 112 valence electrons. The van der Waals surface area contributed by atoms with Gasteiger partial charge in [-0.15, -0.1) is 0 Å². The average Bonchev–Trinajstić information content (AvgIpc) is 2.67. The van der Waals surface area contributed by atoms with Crippen molar-refractivity contribution in [2.24, 2.45) is 11.7 Å². The quantitative estimate of drug-likeness (QED) is 0.664. The molecule has 1 amide bonds. The van der Waals surface area contributed by atoms with Crippen molar-refractivity contribution >= 4 is 5.91 Å². The predicted molar refractivity (Wildman–Crippen MR) is 69.0 cm³/mol. The zero-order chi connectivity index (χ0) is 14.5. The molecular formula is C13H24F2N2O2. The molecule has 0 heterocycles. The summed E-state index contributed by atoms with van der Waals surface area (Å²) in [5, 5.41) is 3.28. The third-order valence-corrected chi connectivity index (χ3v) is 3.66. The van der Waals surface area contributed by atoms with Gasteiger partial charge >= 0.3 is 0 Å². The monoisotopic (exact) mass is 278 g/mol. The van der Waals surface area contributed by atoms with Gasteiger partial charge in [-0.3, -0.25) is 4.79 Å². The molecule has 0 bridgehead atoms. The lowest BCUT2D eigenvalue weighted by molar-refractivity contribution is -0.126. The number of ether oxygens (including phenoxy) is 1. The minimum Gasteiger partial charge on any atom is -0.376 e. The first kappa shape index (κ1) is 16.3. The minimum atomic E-state index is -2.45. The van der Waals surface area contributed by atoms with Crippen LogP contribution in [-0.4, -0.2) is 37.1 Å². The molecule has 0 aromatic heterocycles. The Hall–Kier alpha value is -0.750. The molecule has 1 fully saturated rings. The Morgan fingerprint density at radius 3 is 2.74 bits per heavy atom. The van der Waals surface area contributed by atoms with Crippen LogP contribution in [0.3, 0.4) is 0 Å². The summed E-state index contributed by atoms with van der Waals surface area (Å²) in [6.45, 7) is 3.62. The molecule has 0 saturated heterocycles. The van der Waals surface area contributed by atoms with Gasteiger partial charge < -0.3 is 15.8 Å². The molecule has 4 nitrogen and oxygen atoms in total. The van der Waals surface area contributed by atoms with Crippen LogP contribution < -0.4 is 11.1 Å². The topological polar surface area (TPSA) is 64.3 Å². The van der Waals surface area contributed by atoms with Gasteiger partial charge in [0, 0.05) is 12.6 Å². The number of nitrogens with two attached hydrogens (primary N) is 1. The molecule has 0 spiro atoms. The fraction of sp³-hybridized carbons (Fsp3) is 0.923. The summed E-state index contributed by atoms with van der Waals surface area (Å²) < 4.78 is 28.9. The van der Waals surface area contributed by atoms with E-state index in [1.54, 1.807) is 0 Å². The number of nitrogens with one attached hydrogen (secondary N) is 1. The summed E-state index contributed by atoms with van der Waals surface area (Å²) in [6.07, 6.45) is 0.636. The van der Waals surface area contributed by atoms with E-state index in [2.05, 4.69) is 5.32 Å². The van der Waals surface area contributed by atoms with E-state index in [9.17, 15) is 13.6 Å². The van der Waals surface area contributed by atoms with Gasteiger partial charge in [0.05, 0.1) is 0 Å². The zero-order valence-corrected chi connectivity index (χ0v) is 11.6. The molecule has 0 aromatic rings. The van der Waals surface area contributed by atoms with Crippen LogP contribution in [-0.2, 0) is 9.53 Å². The Balaban J connectivity index is 2.56. The second kappa shape index (κ2) is 7.14. The molecule has 19 heavy (non-hydrogen) atoms. The maximum atomic E-state index is 12.0. The van der Waals surface area contributed by atoms with Crippen LogP contribution in [0.4, 0.5) is 8.78 Å². The van der Waals surface area contributed by atoms with Crippen LogP contribution in [0.2, 0.25) is 0 Å². The molecule has 1 aliphatic carbocycles. The van der Waals surface area contributed by atoms with Crippen LogP contribution in [0.1, 0.15) is 39.5 Å². The molecular weight excluding hydrogens is 254 g/mol. The molecule has 1 aliphatic rings. The smallest absolute Gasteiger partial charge is 0.261 e. The fourth-order valence-electron chi connectivity index (χ4n) is 2.97. The maximum Gasteiger partial charge on any atom is 0.261 e. The fourth-order valence-corrected chi connectivity index (χ4v) is 2.97. The lowest BCUT2D eigenvalue weighted by Crippen LogP contribution is -2.60. The molecule has 0 radical (unpaired) electrons. The highest BCUT2D eigenvalue weighted by molar-refractivity contribution is 5.85. The Morgan fingerprint density at radius 2 is 2.21 bits per heavy atom. The number of carbonyl (C=O) groups excluding carboxylic acids is 1. The van der Waals surface area contributed by atoms with Crippen molar-refractivity contribution in [1.82, 2.24) is 5.32 Å². The molecule has 3 N–H and O–H groups in total. The van der Waals surface area contributed by atoms with Crippen LogP contribution in [0, 0.1) is 5.92 Å². The highest BCUT2D eigenvalue weighted by Crippen LogP contribution is 2.38. The van der Waals surface area contributed by atoms with Gasteiger partial charge in [-0.2, -0.15) is 0 Å². The number of carbonyl (C=O) groups is 1. The van der Waals surface area contributed by atoms with Gasteiger partial charge in [-0.25, -0.2) is 8.78 Å². The standard InChI is InChI=1S/C13H24F2N2O2/c1-9(2)17-13(12(16)18)6-3-4-10(13)5-7-19-8-11(14)15/h9-11,17H,3-8H2,1-2H3,(H2,16,18).